The van der Waals surface area contributed by atoms with Crippen LogP contribution in [0.25, 0.3) is 0 Å². The maximum Gasteiger partial charge on any atom is 0.223 e. The van der Waals surface area contributed by atoms with Gasteiger partial charge in [0.15, 0.2) is 0 Å². The van der Waals surface area contributed by atoms with Crippen LogP contribution in [0.3, 0.4) is 0 Å². The molecule has 2 aromatic rings. The van der Waals surface area contributed by atoms with Crippen LogP contribution in [-0.4, -0.2) is 25.2 Å². The smallest absolute Gasteiger partial charge is 0.223 e. The van der Waals surface area contributed by atoms with E-state index >= 15 is 0 Å². The molecule has 1 aliphatic carbocycles. The van der Waals surface area contributed by atoms with E-state index in [4.69, 9.17) is 26.8 Å². The molecule has 0 aromatic heterocycles. The average molecular weight is 425 g/mol. The Kier molecular flexibility index (Phi) is 8.90. The first kappa shape index (κ1) is 22.3. The lowest BCUT2D eigenvalue weighted by atomic mass is 10.1. The van der Waals surface area contributed by atoms with Gasteiger partial charge in [0.1, 0.15) is 24.7 Å². The number of benzene rings is 2. The minimum atomic E-state index is 0. The number of hydrogen-bond acceptors (Lipinski definition) is 4. The van der Waals surface area contributed by atoms with Crippen LogP contribution in [0.1, 0.15) is 24.8 Å². The summed E-state index contributed by atoms with van der Waals surface area (Å²) in [5, 5.41) is 3.67. The molecular weight excluding hydrogens is 399 g/mol. The monoisotopic (exact) mass is 424 g/mol. The Hall–Kier alpha value is -1.95. The summed E-state index contributed by atoms with van der Waals surface area (Å²) < 4.78 is 11.3. The molecule has 2 unspecified atom stereocenters. The molecule has 1 saturated carbocycles. The van der Waals surface area contributed by atoms with Gasteiger partial charge >= 0.3 is 0 Å². The minimum Gasteiger partial charge on any atom is -0.490 e. The summed E-state index contributed by atoms with van der Waals surface area (Å²) in [5.41, 5.74) is 6.91. The SMILES string of the molecule is Cl.NC1CCC(C(=O)NCc2ccc(OCCOc3ccc(Cl)cc3)cc2)C1. The van der Waals surface area contributed by atoms with E-state index in [2.05, 4.69) is 5.32 Å². The number of halogens is 2. The maximum atomic E-state index is 12.1. The Morgan fingerprint density at radius 2 is 1.57 bits per heavy atom. The Morgan fingerprint density at radius 1 is 1.00 bits per heavy atom. The van der Waals surface area contributed by atoms with Crippen molar-refractivity contribution in [2.75, 3.05) is 13.2 Å². The molecule has 0 radical (unpaired) electrons. The maximum absolute atomic E-state index is 12.1. The van der Waals surface area contributed by atoms with Gasteiger partial charge in [-0.3, -0.25) is 4.79 Å². The highest BCUT2D eigenvalue weighted by Gasteiger charge is 2.27. The number of carbonyl (C=O) groups is 1. The van der Waals surface area contributed by atoms with Crippen molar-refractivity contribution in [2.24, 2.45) is 11.7 Å². The number of rotatable bonds is 8. The van der Waals surface area contributed by atoms with Crippen LogP contribution < -0.4 is 20.5 Å². The third-order valence-electron chi connectivity index (χ3n) is 4.67. The lowest BCUT2D eigenvalue weighted by Crippen LogP contribution is -2.29. The predicted molar refractivity (Wildman–Crippen MR) is 113 cm³/mol. The summed E-state index contributed by atoms with van der Waals surface area (Å²) in [7, 11) is 0. The van der Waals surface area contributed by atoms with Crippen molar-refractivity contribution in [3.05, 3.63) is 59.1 Å². The van der Waals surface area contributed by atoms with Gasteiger partial charge in [-0.15, -0.1) is 12.4 Å². The van der Waals surface area contributed by atoms with Crippen LogP contribution in [0.15, 0.2) is 48.5 Å². The first-order valence-electron chi connectivity index (χ1n) is 9.23. The molecule has 2 aromatic carbocycles. The average Bonchev–Trinajstić information content (AvgIpc) is 3.12. The van der Waals surface area contributed by atoms with Crippen LogP contribution in [0.2, 0.25) is 5.02 Å². The van der Waals surface area contributed by atoms with Crippen molar-refractivity contribution in [3.63, 3.8) is 0 Å². The first-order chi connectivity index (χ1) is 13.1. The van der Waals surface area contributed by atoms with E-state index in [-0.39, 0.29) is 30.3 Å². The summed E-state index contributed by atoms with van der Waals surface area (Å²) in [5.74, 6) is 1.69. The fraction of sp³-hybridized carbons (Fsp3) is 0.381. The zero-order valence-corrected chi connectivity index (χ0v) is 17.2. The van der Waals surface area contributed by atoms with E-state index in [1.807, 2.05) is 36.4 Å². The molecule has 0 bridgehead atoms. The molecule has 2 atom stereocenters. The molecule has 7 heteroatoms. The Balaban J connectivity index is 0.00000280. The van der Waals surface area contributed by atoms with Crippen LogP contribution in [0, 0.1) is 5.92 Å². The van der Waals surface area contributed by atoms with E-state index in [1.54, 1.807) is 12.1 Å². The highest BCUT2D eigenvalue weighted by atomic mass is 35.5. The number of carbonyl (C=O) groups excluding carboxylic acids is 1. The molecule has 0 aliphatic heterocycles. The molecule has 0 saturated heterocycles. The van der Waals surface area contributed by atoms with Crippen molar-refractivity contribution in [1.29, 1.82) is 0 Å². The zero-order valence-electron chi connectivity index (χ0n) is 15.6. The molecule has 1 amide bonds. The highest BCUT2D eigenvalue weighted by molar-refractivity contribution is 6.30. The second-order valence-corrected chi connectivity index (χ2v) is 7.22. The van der Waals surface area contributed by atoms with Crippen molar-refractivity contribution in [2.45, 2.75) is 31.8 Å². The van der Waals surface area contributed by atoms with Crippen molar-refractivity contribution >= 4 is 29.9 Å². The summed E-state index contributed by atoms with van der Waals surface area (Å²) in [6, 6.07) is 15.1. The number of hydrogen-bond donors (Lipinski definition) is 2. The fourth-order valence-corrected chi connectivity index (χ4v) is 3.27. The van der Waals surface area contributed by atoms with Crippen LogP contribution in [0.5, 0.6) is 11.5 Å². The van der Waals surface area contributed by atoms with Gasteiger partial charge in [0.2, 0.25) is 5.91 Å². The second kappa shape index (κ2) is 11.1. The predicted octanol–water partition coefficient (Wildman–Crippen LogP) is 3.96. The Morgan fingerprint density at radius 3 is 2.11 bits per heavy atom. The van der Waals surface area contributed by atoms with Crippen LogP contribution >= 0.6 is 24.0 Å². The second-order valence-electron chi connectivity index (χ2n) is 6.78. The third-order valence-corrected chi connectivity index (χ3v) is 4.92. The number of ether oxygens (including phenoxy) is 2. The summed E-state index contributed by atoms with van der Waals surface area (Å²) in [4.78, 5) is 12.1. The van der Waals surface area contributed by atoms with Crippen molar-refractivity contribution in [1.82, 2.24) is 5.32 Å². The van der Waals surface area contributed by atoms with E-state index in [9.17, 15) is 4.79 Å². The minimum absolute atomic E-state index is 0. The third kappa shape index (κ3) is 6.89. The van der Waals surface area contributed by atoms with Gasteiger partial charge in [0.25, 0.3) is 0 Å². The molecule has 152 valence electrons. The van der Waals surface area contributed by atoms with Gasteiger partial charge in [0, 0.05) is 23.5 Å². The topological polar surface area (TPSA) is 73.6 Å². The van der Waals surface area contributed by atoms with Gasteiger partial charge < -0.3 is 20.5 Å². The molecule has 0 spiro atoms. The molecule has 3 N–H and O–H groups in total. The molecule has 3 rings (SSSR count). The Bertz CT molecular complexity index is 738. The van der Waals surface area contributed by atoms with Crippen molar-refractivity contribution in [3.8, 4) is 11.5 Å². The summed E-state index contributed by atoms with van der Waals surface area (Å²) >= 11 is 5.84. The lowest BCUT2D eigenvalue weighted by Gasteiger charge is -2.12. The molecule has 0 heterocycles. The summed E-state index contributed by atoms with van der Waals surface area (Å²) in [6.07, 6.45) is 2.61. The molecule has 5 nitrogen and oxygen atoms in total. The quantitative estimate of drug-likeness (QED) is 0.628. The van der Waals surface area contributed by atoms with E-state index in [1.165, 1.54) is 0 Å². The number of nitrogens with two attached hydrogens (primary N) is 1. The van der Waals surface area contributed by atoms with Crippen LogP contribution in [-0.2, 0) is 11.3 Å². The van der Waals surface area contributed by atoms with E-state index in [0.29, 0.717) is 24.8 Å². The molecule has 28 heavy (non-hydrogen) atoms. The Labute approximate surface area is 177 Å². The molecular formula is C21H26Cl2N2O3. The molecule has 1 aliphatic rings. The van der Waals surface area contributed by atoms with Gasteiger partial charge in [-0.2, -0.15) is 0 Å². The van der Waals surface area contributed by atoms with E-state index < -0.39 is 0 Å². The van der Waals surface area contributed by atoms with Gasteiger partial charge in [-0.05, 0) is 61.2 Å². The van der Waals surface area contributed by atoms with Crippen molar-refractivity contribution < 1.29 is 14.3 Å². The van der Waals surface area contributed by atoms with Gasteiger partial charge in [-0.25, -0.2) is 0 Å². The highest BCUT2D eigenvalue weighted by Crippen LogP contribution is 2.24. The van der Waals surface area contributed by atoms with Crippen LogP contribution in [0.4, 0.5) is 0 Å². The standard InChI is InChI=1S/C21H25ClN2O3.ClH/c22-17-4-9-20(10-5-17)27-12-11-26-19-7-1-15(2-8-19)14-24-21(25)16-3-6-18(23)13-16;/h1-2,4-5,7-10,16,18H,3,6,11-14,23H2,(H,24,25);1H. The van der Waals surface area contributed by atoms with Gasteiger partial charge in [0.05, 0.1) is 0 Å². The lowest BCUT2D eigenvalue weighted by molar-refractivity contribution is -0.125. The fourth-order valence-electron chi connectivity index (χ4n) is 3.14. The van der Waals surface area contributed by atoms with Gasteiger partial charge in [-0.1, -0.05) is 23.7 Å². The number of nitrogens with one attached hydrogen (secondary N) is 1. The normalized spacial score (nSPS) is 18.2. The first-order valence-corrected chi connectivity index (χ1v) is 9.61. The largest absolute Gasteiger partial charge is 0.490 e. The zero-order chi connectivity index (χ0) is 19.1. The number of amides is 1. The summed E-state index contributed by atoms with van der Waals surface area (Å²) in [6.45, 7) is 1.41. The molecule has 1 fully saturated rings. The van der Waals surface area contributed by atoms with E-state index in [0.717, 1.165) is 36.3 Å².